The smallest absolute Gasteiger partial charge is 0.0587 e. The number of hydrogen-bond acceptors (Lipinski definition) is 0. The van der Waals surface area contributed by atoms with Crippen LogP contribution in [-0.2, 0) is 0 Å². The molecule has 0 aliphatic heterocycles. The van der Waals surface area contributed by atoms with Crippen LogP contribution in [0.2, 0.25) is 0 Å². The molecule has 0 aliphatic carbocycles. The van der Waals surface area contributed by atoms with Gasteiger partial charge in [-0.25, -0.2) is 0 Å². The van der Waals surface area contributed by atoms with Gasteiger partial charge in [0, 0.05) is 0 Å². The van der Waals surface area contributed by atoms with Gasteiger partial charge in [-0.05, 0) is 121 Å². The maximum atomic E-state index is 2.37. The Bertz CT molecular complexity index is 2380. The lowest BCUT2D eigenvalue weighted by atomic mass is 10.1. The molecule has 0 radical (unpaired) electrons. The van der Waals surface area contributed by atoms with Gasteiger partial charge < -0.3 is 0 Å². The molecule has 0 saturated heterocycles. The minimum atomic E-state index is -2.41. The first-order valence-corrected chi connectivity index (χ1v) is 22.9. The van der Waals surface area contributed by atoms with E-state index in [4.69, 9.17) is 0 Å². The quantitative estimate of drug-likeness (QED) is 0.0852. The van der Waals surface area contributed by atoms with Gasteiger partial charge in [-0.3, -0.25) is 0 Å². The SMILES string of the molecule is Cc1ccc(/C=C/c2ccc([P+](c3ccc(/C=C/c4ccc(C)cc4)cc3)(c3ccc(/C=C/c4ccc(C)cc4)cc3)c3ccc(/C=C/c4ccc(C)cc4)cc3)cc2)cc1. The molecule has 0 saturated carbocycles. The van der Waals surface area contributed by atoms with Crippen LogP contribution in [0.4, 0.5) is 0 Å². The topological polar surface area (TPSA) is 0 Å². The van der Waals surface area contributed by atoms with E-state index in [2.05, 4.69) is 270 Å². The van der Waals surface area contributed by atoms with Gasteiger partial charge in [0.05, 0.1) is 0 Å². The Morgan fingerprint density at radius 1 is 0.197 bits per heavy atom. The Kier molecular flexibility index (Phi) is 12.8. The summed E-state index contributed by atoms with van der Waals surface area (Å²) in [5.41, 5.74) is 14.5. The van der Waals surface area contributed by atoms with Crippen molar-refractivity contribution in [3.05, 3.63) is 261 Å². The number of benzene rings is 8. The molecule has 8 rings (SSSR count). The summed E-state index contributed by atoms with van der Waals surface area (Å²) in [4.78, 5) is 0. The molecule has 0 aromatic heterocycles. The van der Waals surface area contributed by atoms with Crippen LogP contribution in [0, 0.1) is 27.7 Å². The lowest BCUT2D eigenvalue weighted by Gasteiger charge is -2.28. The second-order valence-corrected chi connectivity index (χ2v) is 19.4. The third kappa shape index (κ3) is 10.1. The van der Waals surface area contributed by atoms with Crippen LogP contribution in [0.1, 0.15) is 66.8 Å². The van der Waals surface area contributed by atoms with Crippen molar-refractivity contribution in [3.8, 4) is 0 Å². The van der Waals surface area contributed by atoms with Gasteiger partial charge >= 0.3 is 0 Å². The molecule has 0 atom stereocenters. The molecule has 0 unspecified atom stereocenters. The van der Waals surface area contributed by atoms with Crippen LogP contribution in [-0.4, -0.2) is 0 Å². The average Bonchev–Trinajstić information content (AvgIpc) is 3.30. The normalized spacial score (nSPS) is 12.0. The first kappa shape index (κ1) is 40.9. The van der Waals surface area contributed by atoms with E-state index in [0.717, 1.165) is 0 Å². The van der Waals surface area contributed by atoms with Crippen molar-refractivity contribution in [2.24, 2.45) is 0 Å². The fourth-order valence-corrected chi connectivity index (χ4v) is 11.8. The number of hydrogen-bond donors (Lipinski definition) is 0. The van der Waals surface area contributed by atoms with Gasteiger partial charge in [0.25, 0.3) is 0 Å². The van der Waals surface area contributed by atoms with Crippen LogP contribution < -0.4 is 21.2 Å². The van der Waals surface area contributed by atoms with Crippen LogP contribution >= 0.6 is 7.26 Å². The highest BCUT2D eigenvalue weighted by Crippen LogP contribution is 2.54. The Morgan fingerprint density at radius 2 is 0.328 bits per heavy atom. The van der Waals surface area contributed by atoms with Crippen LogP contribution in [0.5, 0.6) is 0 Å². The first-order valence-electron chi connectivity index (χ1n) is 21.1. The van der Waals surface area contributed by atoms with Crippen LogP contribution in [0.3, 0.4) is 0 Å². The molecular weight excluding hydrogens is 752 g/mol. The summed E-state index contributed by atoms with van der Waals surface area (Å²) < 4.78 is 0. The highest BCUT2D eigenvalue weighted by atomic mass is 31.2. The Balaban J connectivity index is 1.24. The Morgan fingerprint density at radius 3 is 0.475 bits per heavy atom. The van der Waals surface area contributed by atoms with E-state index in [1.165, 1.54) is 88.0 Å². The summed E-state index contributed by atoms with van der Waals surface area (Å²) in [6.45, 7) is 8.51. The van der Waals surface area contributed by atoms with Gasteiger partial charge in [-0.1, -0.05) is 216 Å². The molecule has 0 heterocycles. The lowest BCUT2D eigenvalue weighted by Crippen LogP contribution is -2.38. The standard InChI is InChI=1S/C60H52P/c1-45-5-13-49(14-6-45)21-25-53-29-37-57(38-30-53)61(58-39-31-54(32-40-58)26-22-50-15-7-46(2)8-16-50,59-41-33-55(34-42-59)27-23-51-17-9-47(3)10-18-51)60-43-35-56(36-44-60)28-24-52-19-11-48(4)12-20-52/h5-44H,1-4H3/q+1/b25-21+,26-22+,27-23+,28-24+. The van der Waals surface area contributed by atoms with Crippen molar-refractivity contribution in [2.75, 3.05) is 0 Å². The largest absolute Gasteiger partial charge is 0.144 e. The third-order valence-electron chi connectivity index (χ3n) is 11.3. The zero-order valence-corrected chi connectivity index (χ0v) is 36.4. The summed E-state index contributed by atoms with van der Waals surface area (Å²) in [6.07, 6.45) is 17.7. The molecule has 0 aliphatic rings. The average molecular weight is 804 g/mol. The Hall–Kier alpha value is -6.85. The van der Waals surface area contributed by atoms with E-state index in [9.17, 15) is 0 Å². The summed E-state index contributed by atoms with van der Waals surface area (Å²) >= 11 is 0. The molecule has 1 heteroatoms. The van der Waals surface area contributed by atoms with Gasteiger partial charge in [0.1, 0.15) is 28.5 Å². The van der Waals surface area contributed by atoms with E-state index in [-0.39, 0.29) is 0 Å². The molecule has 0 nitrogen and oxygen atoms in total. The minimum Gasteiger partial charge on any atom is -0.0587 e. The van der Waals surface area contributed by atoms with Crippen molar-refractivity contribution >= 4 is 77.1 Å². The highest BCUT2D eigenvalue weighted by Gasteiger charge is 2.47. The third-order valence-corrected chi connectivity index (χ3v) is 15.6. The monoisotopic (exact) mass is 803 g/mol. The van der Waals surface area contributed by atoms with Crippen molar-refractivity contribution in [3.63, 3.8) is 0 Å². The second kappa shape index (κ2) is 19.0. The summed E-state index contributed by atoms with van der Waals surface area (Å²) in [5.74, 6) is 0. The van der Waals surface area contributed by atoms with E-state index < -0.39 is 7.26 Å². The van der Waals surface area contributed by atoms with Crippen molar-refractivity contribution in [2.45, 2.75) is 27.7 Å². The molecule has 8 aromatic carbocycles. The maximum absolute atomic E-state index is 2.41. The number of rotatable bonds is 12. The minimum absolute atomic E-state index is 1.17. The van der Waals surface area contributed by atoms with Crippen molar-refractivity contribution < 1.29 is 0 Å². The molecule has 0 fully saturated rings. The van der Waals surface area contributed by atoms with Crippen molar-refractivity contribution in [1.82, 2.24) is 0 Å². The summed E-state index contributed by atoms with van der Waals surface area (Å²) in [6, 6.07) is 71.9. The highest BCUT2D eigenvalue weighted by molar-refractivity contribution is 8.01. The Labute approximate surface area is 364 Å². The van der Waals surface area contributed by atoms with E-state index in [0.29, 0.717) is 0 Å². The fourth-order valence-electron chi connectivity index (χ4n) is 7.61. The zero-order chi connectivity index (χ0) is 42.0. The van der Waals surface area contributed by atoms with Gasteiger partial charge in [0.15, 0.2) is 0 Å². The van der Waals surface area contributed by atoms with Gasteiger partial charge in [-0.2, -0.15) is 0 Å². The molecule has 0 N–H and O–H groups in total. The predicted octanol–water partition coefficient (Wildman–Crippen LogP) is 14.2. The van der Waals surface area contributed by atoms with Crippen molar-refractivity contribution in [1.29, 1.82) is 0 Å². The second-order valence-electron chi connectivity index (χ2n) is 16.0. The van der Waals surface area contributed by atoms with E-state index in [1.54, 1.807) is 0 Å². The van der Waals surface area contributed by atoms with Crippen LogP contribution in [0.25, 0.3) is 48.6 Å². The van der Waals surface area contributed by atoms with Crippen LogP contribution in [0.15, 0.2) is 194 Å². The summed E-state index contributed by atoms with van der Waals surface area (Å²) in [5, 5.41) is 5.25. The first-order chi connectivity index (χ1) is 29.8. The predicted molar refractivity (Wildman–Crippen MR) is 272 cm³/mol. The summed E-state index contributed by atoms with van der Waals surface area (Å²) in [7, 11) is -2.41. The van der Waals surface area contributed by atoms with Gasteiger partial charge in [-0.15, -0.1) is 0 Å². The van der Waals surface area contributed by atoms with E-state index in [1.807, 2.05) is 0 Å². The number of aryl methyl sites for hydroxylation is 4. The molecule has 0 spiro atoms. The zero-order valence-electron chi connectivity index (χ0n) is 35.5. The van der Waals surface area contributed by atoms with E-state index >= 15 is 0 Å². The molecule has 0 bridgehead atoms. The lowest BCUT2D eigenvalue weighted by molar-refractivity contribution is 1.46. The molecule has 0 amide bonds. The molecule has 61 heavy (non-hydrogen) atoms. The molecular formula is C60H52P+. The molecule has 296 valence electrons. The molecule has 8 aromatic rings. The fraction of sp³-hybridized carbons (Fsp3) is 0.0667. The maximum Gasteiger partial charge on any atom is 0.144 e. The van der Waals surface area contributed by atoms with Gasteiger partial charge in [0.2, 0.25) is 0 Å².